The third-order valence-electron chi connectivity index (χ3n) is 3.29. The van der Waals surface area contributed by atoms with Crippen molar-refractivity contribution < 1.29 is 0 Å². The van der Waals surface area contributed by atoms with Crippen molar-refractivity contribution >= 4 is 11.3 Å². The maximum Gasteiger partial charge on any atom is 0.0439 e. The first-order valence-corrected chi connectivity index (χ1v) is 7.39. The minimum absolute atomic E-state index is 0.195. The number of hydrogen-bond donors (Lipinski definition) is 1. The van der Waals surface area contributed by atoms with Gasteiger partial charge in [-0.3, -0.25) is 4.90 Å². The van der Waals surface area contributed by atoms with E-state index in [1.807, 2.05) is 11.3 Å². The smallest absolute Gasteiger partial charge is 0.0439 e. The first kappa shape index (κ1) is 14.7. The number of hydrogen-bond acceptors (Lipinski definition) is 3. The standard InChI is InChI=1S/C14H26N2S/c1-5-12(13-8-7-9-17-13)16(6-2)11-14(3,4)10-15/h7-9,12H,5-6,10-11,15H2,1-4H3. The van der Waals surface area contributed by atoms with Gasteiger partial charge < -0.3 is 5.73 Å². The molecule has 1 aromatic rings. The van der Waals surface area contributed by atoms with Crippen LogP contribution in [0.4, 0.5) is 0 Å². The van der Waals surface area contributed by atoms with Gasteiger partial charge in [0.2, 0.25) is 0 Å². The molecule has 0 aliphatic rings. The van der Waals surface area contributed by atoms with Gasteiger partial charge in [-0.05, 0) is 36.4 Å². The second kappa shape index (κ2) is 6.53. The molecule has 0 aliphatic carbocycles. The lowest BCUT2D eigenvalue weighted by Crippen LogP contribution is -2.40. The second-order valence-electron chi connectivity index (χ2n) is 5.37. The molecule has 1 unspecified atom stereocenters. The summed E-state index contributed by atoms with van der Waals surface area (Å²) in [5.74, 6) is 0. The van der Waals surface area contributed by atoms with E-state index < -0.39 is 0 Å². The SMILES string of the molecule is CCC(c1cccs1)N(CC)CC(C)(C)CN. The summed E-state index contributed by atoms with van der Waals surface area (Å²) in [5.41, 5.74) is 6.04. The summed E-state index contributed by atoms with van der Waals surface area (Å²) >= 11 is 1.86. The van der Waals surface area contributed by atoms with Crippen molar-refractivity contribution in [3.8, 4) is 0 Å². The number of nitrogens with two attached hydrogens (primary N) is 1. The zero-order chi connectivity index (χ0) is 12.9. The van der Waals surface area contributed by atoms with Crippen molar-refractivity contribution in [2.75, 3.05) is 19.6 Å². The zero-order valence-electron chi connectivity index (χ0n) is 11.6. The minimum atomic E-state index is 0.195. The van der Waals surface area contributed by atoms with Crippen LogP contribution in [0.5, 0.6) is 0 Å². The van der Waals surface area contributed by atoms with Crippen molar-refractivity contribution in [3.05, 3.63) is 22.4 Å². The van der Waals surface area contributed by atoms with Crippen molar-refractivity contribution in [2.24, 2.45) is 11.1 Å². The zero-order valence-corrected chi connectivity index (χ0v) is 12.4. The predicted molar refractivity (Wildman–Crippen MR) is 77.4 cm³/mol. The fourth-order valence-corrected chi connectivity index (χ4v) is 3.12. The molecule has 0 saturated heterocycles. The summed E-state index contributed by atoms with van der Waals surface area (Å²) in [6.07, 6.45) is 1.16. The number of thiophene rings is 1. The Labute approximate surface area is 110 Å². The average molecular weight is 254 g/mol. The molecule has 98 valence electrons. The molecule has 3 heteroatoms. The summed E-state index contributed by atoms with van der Waals surface area (Å²) in [6.45, 7) is 11.9. The molecular weight excluding hydrogens is 228 g/mol. The predicted octanol–water partition coefficient (Wildman–Crippen LogP) is 3.51. The van der Waals surface area contributed by atoms with E-state index in [4.69, 9.17) is 5.73 Å². The van der Waals surface area contributed by atoms with E-state index >= 15 is 0 Å². The molecule has 1 atom stereocenters. The Bertz CT molecular complexity index is 306. The highest BCUT2D eigenvalue weighted by molar-refractivity contribution is 7.10. The summed E-state index contributed by atoms with van der Waals surface area (Å²) < 4.78 is 0. The van der Waals surface area contributed by atoms with Gasteiger partial charge in [-0.15, -0.1) is 11.3 Å². The van der Waals surface area contributed by atoms with Gasteiger partial charge in [0.1, 0.15) is 0 Å². The van der Waals surface area contributed by atoms with Gasteiger partial charge in [-0.1, -0.05) is 33.8 Å². The second-order valence-corrected chi connectivity index (χ2v) is 6.35. The molecule has 2 N–H and O–H groups in total. The molecule has 17 heavy (non-hydrogen) atoms. The molecule has 1 rings (SSSR count). The van der Waals surface area contributed by atoms with E-state index in [-0.39, 0.29) is 5.41 Å². The van der Waals surface area contributed by atoms with E-state index in [0.29, 0.717) is 6.04 Å². The molecule has 0 saturated carbocycles. The van der Waals surface area contributed by atoms with Crippen LogP contribution in [0, 0.1) is 5.41 Å². The molecule has 0 bridgehead atoms. The van der Waals surface area contributed by atoms with Gasteiger partial charge in [0.05, 0.1) is 0 Å². The Morgan fingerprint density at radius 1 is 1.41 bits per heavy atom. The highest BCUT2D eigenvalue weighted by Gasteiger charge is 2.25. The van der Waals surface area contributed by atoms with Crippen LogP contribution >= 0.6 is 11.3 Å². The molecule has 1 heterocycles. The van der Waals surface area contributed by atoms with Gasteiger partial charge in [0, 0.05) is 17.5 Å². The third-order valence-corrected chi connectivity index (χ3v) is 4.26. The highest BCUT2D eigenvalue weighted by Crippen LogP contribution is 2.30. The molecule has 0 aliphatic heterocycles. The minimum Gasteiger partial charge on any atom is -0.330 e. The van der Waals surface area contributed by atoms with Crippen LogP contribution in [0.25, 0.3) is 0 Å². The quantitative estimate of drug-likeness (QED) is 0.807. The van der Waals surface area contributed by atoms with Crippen LogP contribution in [0.15, 0.2) is 17.5 Å². The van der Waals surface area contributed by atoms with Gasteiger partial charge in [-0.2, -0.15) is 0 Å². The van der Waals surface area contributed by atoms with Gasteiger partial charge >= 0.3 is 0 Å². The van der Waals surface area contributed by atoms with Crippen LogP contribution in [0.1, 0.15) is 45.0 Å². The van der Waals surface area contributed by atoms with E-state index in [1.165, 1.54) is 4.88 Å². The summed E-state index contributed by atoms with van der Waals surface area (Å²) in [5, 5.41) is 2.17. The lowest BCUT2D eigenvalue weighted by Gasteiger charge is -2.36. The van der Waals surface area contributed by atoms with Crippen molar-refractivity contribution in [1.29, 1.82) is 0 Å². The van der Waals surface area contributed by atoms with E-state index in [0.717, 1.165) is 26.1 Å². The van der Waals surface area contributed by atoms with E-state index in [9.17, 15) is 0 Å². The maximum atomic E-state index is 5.85. The van der Waals surface area contributed by atoms with Crippen LogP contribution in [0.3, 0.4) is 0 Å². The monoisotopic (exact) mass is 254 g/mol. The number of rotatable bonds is 7. The van der Waals surface area contributed by atoms with Crippen molar-refractivity contribution in [3.63, 3.8) is 0 Å². The van der Waals surface area contributed by atoms with Crippen LogP contribution in [-0.4, -0.2) is 24.5 Å². The fraction of sp³-hybridized carbons (Fsp3) is 0.714. The Morgan fingerprint density at radius 3 is 2.53 bits per heavy atom. The van der Waals surface area contributed by atoms with Crippen LogP contribution < -0.4 is 5.73 Å². The molecular formula is C14H26N2S. The first-order valence-electron chi connectivity index (χ1n) is 6.51. The highest BCUT2D eigenvalue weighted by atomic mass is 32.1. The molecule has 0 spiro atoms. The summed E-state index contributed by atoms with van der Waals surface area (Å²) in [7, 11) is 0. The molecule has 0 radical (unpaired) electrons. The van der Waals surface area contributed by atoms with Crippen LogP contribution in [-0.2, 0) is 0 Å². The Hall–Kier alpha value is -0.380. The number of nitrogens with zero attached hydrogens (tertiary/aromatic N) is 1. The largest absolute Gasteiger partial charge is 0.330 e. The Morgan fingerprint density at radius 2 is 2.12 bits per heavy atom. The lowest BCUT2D eigenvalue weighted by atomic mass is 9.92. The molecule has 0 aromatic carbocycles. The van der Waals surface area contributed by atoms with Crippen molar-refractivity contribution in [2.45, 2.75) is 40.2 Å². The maximum absolute atomic E-state index is 5.85. The normalized spacial score (nSPS) is 14.2. The first-order chi connectivity index (χ1) is 8.04. The van der Waals surface area contributed by atoms with Crippen molar-refractivity contribution in [1.82, 2.24) is 4.90 Å². The van der Waals surface area contributed by atoms with Gasteiger partial charge in [-0.25, -0.2) is 0 Å². The average Bonchev–Trinajstić information content (AvgIpc) is 2.82. The summed E-state index contributed by atoms with van der Waals surface area (Å²) in [4.78, 5) is 4.03. The van der Waals surface area contributed by atoms with Crippen LogP contribution in [0.2, 0.25) is 0 Å². The molecule has 1 aromatic heterocycles. The topological polar surface area (TPSA) is 29.3 Å². The third kappa shape index (κ3) is 4.09. The summed E-state index contributed by atoms with van der Waals surface area (Å²) in [6, 6.07) is 4.94. The molecule has 2 nitrogen and oxygen atoms in total. The van der Waals surface area contributed by atoms with Gasteiger partial charge in [0.25, 0.3) is 0 Å². The Kier molecular flexibility index (Phi) is 5.63. The van der Waals surface area contributed by atoms with E-state index in [2.05, 4.69) is 50.1 Å². The van der Waals surface area contributed by atoms with Gasteiger partial charge in [0.15, 0.2) is 0 Å². The lowest BCUT2D eigenvalue weighted by molar-refractivity contribution is 0.137. The van der Waals surface area contributed by atoms with E-state index in [1.54, 1.807) is 0 Å². The fourth-order valence-electron chi connectivity index (χ4n) is 2.18. The molecule has 0 fully saturated rings. The Balaban J connectivity index is 2.77. The molecule has 0 amide bonds.